The SMILES string of the molecule is CC(C)CNC(=O)[C@H](C)N(Cc1ccccc1F)C(=O)CN(c1ccc(Cl)c(Cl)c1)S(=O)(=O)c1ccccc1. The van der Waals surface area contributed by atoms with Crippen molar-refractivity contribution in [2.24, 2.45) is 5.92 Å². The Hall–Kier alpha value is -3.14. The van der Waals surface area contributed by atoms with E-state index in [2.05, 4.69) is 5.32 Å². The summed E-state index contributed by atoms with van der Waals surface area (Å²) in [7, 11) is -4.25. The molecule has 2 amide bonds. The minimum absolute atomic E-state index is 0.0488. The van der Waals surface area contributed by atoms with Crippen molar-refractivity contribution in [3.8, 4) is 0 Å². The van der Waals surface area contributed by atoms with Crippen molar-refractivity contribution in [3.05, 3.63) is 94.2 Å². The van der Waals surface area contributed by atoms with Gasteiger partial charge in [-0.25, -0.2) is 12.8 Å². The number of hydrogen-bond donors (Lipinski definition) is 1. The van der Waals surface area contributed by atoms with E-state index in [4.69, 9.17) is 23.2 Å². The first-order chi connectivity index (χ1) is 18.4. The largest absolute Gasteiger partial charge is 0.354 e. The lowest BCUT2D eigenvalue weighted by Gasteiger charge is -2.32. The third-order valence-electron chi connectivity index (χ3n) is 5.95. The van der Waals surface area contributed by atoms with E-state index in [0.29, 0.717) is 6.54 Å². The Balaban J connectivity index is 2.03. The second kappa shape index (κ2) is 13.3. The van der Waals surface area contributed by atoms with Crippen LogP contribution in [-0.4, -0.2) is 44.3 Å². The summed E-state index contributed by atoms with van der Waals surface area (Å²) >= 11 is 12.2. The van der Waals surface area contributed by atoms with E-state index in [1.807, 2.05) is 13.8 Å². The zero-order chi connectivity index (χ0) is 28.7. The average Bonchev–Trinajstić information content (AvgIpc) is 2.91. The summed E-state index contributed by atoms with van der Waals surface area (Å²) in [6, 6.07) is 16.7. The Morgan fingerprint density at radius 2 is 1.56 bits per heavy atom. The molecule has 0 fully saturated rings. The first-order valence-electron chi connectivity index (χ1n) is 12.2. The summed E-state index contributed by atoms with van der Waals surface area (Å²) < 4.78 is 42.9. The molecule has 39 heavy (non-hydrogen) atoms. The molecule has 1 atom stereocenters. The average molecular weight is 595 g/mol. The van der Waals surface area contributed by atoms with E-state index < -0.39 is 40.2 Å². The van der Waals surface area contributed by atoms with Crippen LogP contribution >= 0.6 is 23.2 Å². The Morgan fingerprint density at radius 3 is 2.18 bits per heavy atom. The highest BCUT2D eigenvalue weighted by Gasteiger charge is 2.33. The van der Waals surface area contributed by atoms with Gasteiger partial charge in [0.05, 0.1) is 20.6 Å². The molecule has 0 unspecified atom stereocenters. The van der Waals surface area contributed by atoms with Gasteiger partial charge >= 0.3 is 0 Å². The monoisotopic (exact) mass is 593 g/mol. The molecule has 0 aromatic heterocycles. The van der Waals surface area contributed by atoms with Crippen molar-refractivity contribution in [2.45, 2.75) is 38.3 Å². The number of carbonyl (C=O) groups is 2. The van der Waals surface area contributed by atoms with Crippen molar-refractivity contribution in [3.63, 3.8) is 0 Å². The normalized spacial score (nSPS) is 12.2. The standard InChI is InChI=1S/C28H30Cl2FN3O4S/c1-19(2)16-32-28(36)20(3)33(17-21-9-7-8-12-26(21)31)27(35)18-34(22-13-14-24(29)25(30)15-22)39(37,38)23-10-5-4-6-11-23/h4-15,19-20H,16-18H2,1-3H3,(H,32,36)/t20-/m0/s1. The van der Waals surface area contributed by atoms with E-state index >= 15 is 0 Å². The van der Waals surface area contributed by atoms with Crippen molar-refractivity contribution in [2.75, 3.05) is 17.4 Å². The number of benzene rings is 3. The lowest BCUT2D eigenvalue weighted by Crippen LogP contribution is -2.51. The van der Waals surface area contributed by atoms with Gasteiger partial charge in [-0.2, -0.15) is 0 Å². The minimum atomic E-state index is -4.25. The summed E-state index contributed by atoms with van der Waals surface area (Å²) in [5.41, 5.74) is 0.283. The predicted octanol–water partition coefficient (Wildman–Crippen LogP) is 5.52. The summed E-state index contributed by atoms with van der Waals surface area (Å²) in [5, 5.41) is 3.09. The molecule has 7 nitrogen and oxygen atoms in total. The van der Waals surface area contributed by atoms with Crippen LogP contribution in [0.4, 0.5) is 10.1 Å². The number of rotatable bonds is 11. The van der Waals surface area contributed by atoms with Crippen LogP contribution in [0.3, 0.4) is 0 Å². The van der Waals surface area contributed by atoms with Gasteiger partial charge in [0.1, 0.15) is 18.4 Å². The molecule has 0 spiro atoms. The fourth-order valence-electron chi connectivity index (χ4n) is 3.73. The maximum absolute atomic E-state index is 14.6. The van der Waals surface area contributed by atoms with Gasteiger partial charge in [0, 0.05) is 18.7 Å². The number of anilines is 1. The zero-order valence-corrected chi connectivity index (χ0v) is 24.1. The fraction of sp³-hybridized carbons (Fsp3) is 0.286. The summed E-state index contributed by atoms with van der Waals surface area (Å²) in [4.78, 5) is 27.9. The molecular formula is C28H30Cl2FN3O4S. The van der Waals surface area contributed by atoms with Gasteiger partial charge in [-0.3, -0.25) is 13.9 Å². The maximum Gasteiger partial charge on any atom is 0.264 e. The van der Waals surface area contributed by atoms with Gasteiger partial charge in [0.2, 0.25) is 11.8 Å². The second-order valence-electron chi connectivity index (χ2n) is 9.35. The Labute approximate surface area is 238 Å². The summed E-state index contributed by atoms with van der Waals surface area (Å²) in [6.07, 6.45) is 0. The van der Waals surface area contributed by atoms with Crippen molar-refractivity contribution in [1.29, 1.82) is 0 Å². The number of nitrogens with one attached hydrogen (secondary N) is 1. The van der Waals surface area contributed by atoms with E-state index in [1.165, 1.54) is 60.4 Å². The molecule has 0 radical (unpaired) electrons. The number of hydrogen-bond acceptors (Lipinski definition) is 4. The molecule has 1 N–H and O–H groups in total. The quantitative estimate of drug-likeness (QED) is 0.317. The van der Waals surface area contributed by atoms with E-state index in [0.717, 1.165) is 4.31 Å². The van der Waals surface area contributed by atoms with Crippen LogP contribution in [0.25, 0.3) is 0 Å². The van der Waals surface area contributed by atoms with Crippen LogP contribution in [0, 0.1) is 11.7 Å². The van der Waals surface area contributed by atoms with Crippen LogP contribution in [0.1, 0.15) is 26.3 Å². The minimum Gasteiger partial charge on any atom is -0.354 e. The van der Waals surface area contributed by atoms with Crippen LogP contribution in [-0.2, 0) is 26.2 Å². The molecule has 3 aromatic carbocycles. The molecule has 0 aliphatic rings. The van der Waals surface area contributed by atoms with E-state index in [-0.39, 0.29) is 38.7 Å². The van der Waals surface area contributed by atoms with Crippen LogP contribution < -0.4 is 9.62 Å². The smallest absolute Gasteiger partial charge is 0.264 e. The molecule has 0 heterocycles. The molecule has 0 bridgehead atoms. The summed E-state index contributed by atoms with van der Waals surface area (Å²) in [5.74, 6) is -1.54. The Kier molecular flexibility index (Phi) is 10.4. The Bertz CT molecular complexity index is 1420. The highest BCUT2D eigenvalue weighted by Crippen LogP contribution is 2.31. The van der Waals surface area contributed by atoms with Crippen LogP contribution in [0.15, 0.2) is 77.7 Å². The van der Waals surface area contributed by atoms with Crippen molar-refractivity contribution in [1.82, 2.24) is 10.2 Å². The molecule has 11 heteroatoms. The highest BCUT2D eigenvalue weighted by atomic mass is 35.5. The summed E-state index contributed by atoms with van der Waals surface area (Å²) in [6.45, 7) is 4.83. The van der Waals surface area contributed by atoms with E-state index in [1.54, 1.807) is 24.3 Å². The number of sulfonamides is 1. The molecule has 0 aliphatic carbocycles. The third-order valence-corrected chi connectivity index (χ3v) is 8.48. The zero-order valence-electron chi connectivity index (χ0n) is 21.8. The molecule has 3 rings (SSSR count). The van der Waals surface area contributed by atoms with Gasteiger partial charge < -0.3 is 10.2 Å². The first-order valence-corrected chi connectivity index (χ1v) is 14.4. The number of carbonyl (C=O) groups excluding carboxylic acids is 2. The molecule has 3 aromatic rings. The molecule has 0 aliphatic heterocycles. The molecule has 208 valence electrons. The number of nitrogens with zero attached hydrogens (tertiary/aromatic N) is 2. The lowest BCUT2D eigenvalue weighted by atomic mass is 10.1. The number of halogens is 3. The predicted molar refractivity (Wildman–Crippen MR) is 152 cm³/mol. The van der Waals surface area contributed by atoms with Crippen LogP contribution in [0.2, 0.25) is 10.0 Å². The van der Waals surface area contributed by atoms with Crippen LogP contribution in [0.5, 0.6) is 0 Å². The van der Waals surface area contributed by atoms with Gasteiger partial charge in [0.25, 0.3) is 10.0 Å². The molecular weight excluding hydrogens is 564 g/mol. The lowest BCUT2D eigenvalue weighted by molar-refractivity contribution is -0.139. The molecule has 0 saturated carbocycles. The van der Waals surface area contributed by atoms with Gasteiger partial charge in [-0.15, -0.1) is 0 Å². The maximum atomic E-state index is 14.6. The van der Waals surface area contributed by atoms with Gasteiger partial charge in [0.15, 0.2) is 0 Å². The van der Waals surface area contributed by atoms with Gasteiger partial charge in [-0.1, -0.05) is 73.4 Å². The topological polar surface area (TPSA) is 86.8 Å². The van der Waals surface area contributed by atoms with E-state index in [9.17, 15) is 22.4 Å². The highest BCUT2D eigenvalue weighted by molar-refractivity contribution is 7.92. The van der Waals surface area contributed by atoms with Gasteiger partial charge in [-0.05, 0) is 49.2 Å². The third kappa shape index (κ3) is 7.71. The number of amides is 2. The van der Waals surface area contributed by atoms with Crippen molar-refractivity contribution < 1.29 is 22.4 Å². The first kappa shape index (κ1) is 30.4. The van der Waals surface area contributed by atoms with Crippen molar-refractivity contribution >= 4 is 50.7 Å². The molecule has 0 saturated heterocycles. The fourth-order valence-corrected chi connectivity index (χ4v) is 5.45. The second-order valence-corrected chi connectivity index (χ2v) is 12.0. The Morgan fingerprint density at radius 1 is 0.923 bits per heavy atom.